The van der Waals surface area contributed by atoms with E-state index in [-0.39, 0.29) is 25.2 Å². The van der Waals surface area contributed by atoms with Crippen molar-refractivity contribution in [2.75, 3.05) is 33.4 Å². The first-order valence-electron chi connectivity index (χ1n) is 5.40. The number of carbonyl (C=O) groups excluding carboxylic acids is 1. The third-order valence-electron chi connectivity index (χ3n) is 3.17. The van der Waals surface area contributed by atoms with Crippen LogP contribution in [-0.4, -0.2) is 72.2 Å². The lowest BCUT2D eigenvalue weighted by atomic mass is 10.1. The first-order valence-corrected chi connectivity index (χ1v) is 5.40. The Morgan fingerprint density at radius 1 is 1.56 bits per heavy atom. The van der Waals surface area contributed by atoms with Crippen LogP contribution in [0.4, 0.5) is 0 Å². The Labute approximate surface area is 93.8 Å². The van der Waals surface area contributed by atoms with Crippen molar-refractivity contribution in [1.29, 1.82) is 0 Å². The SMILES string of the molecule is CN1CCC(N2C(=O)COCC2C(=O)O)C1. The molecule has 2 fully saturated rings. The number of carbonyl (C=O) groups is 2. The summed E-state index contributed by atoms with van der Waals surface area (Å²) in [5.41, 5.74) is 0. The molecule has 0 spiro atoms. The van der Waals surface area contributed by atoms with Crippen LogP contribution in [0.3, 0.4) is 0 Å². The molecule has 2 unspecified atom stereocenters. The van der Waals surface area contributed by atoms with Crippen LogP contribution in [0, 0.1) is 0 Å². The van der Waals surface area contributed by atoms with Crippen LogP contribution in [0.25, 0.3) is 0 Å². The molecule has 0 radical (unpaired) electrons. The molecule has 0 bridgehead atoms. The van der Waals surface area contributed by atoms with Gasteiger partial charge in [-0.05, 0) is 20.0 Å². The van der Waals surface area contributed by atoms with Crippen LogP contribution in [0.15, 0.2) is 0 Å². The zero-order valence-corrected chi connectivity index (χ0v) is 9.26. The predicted octanol–water partition coefficient (Wildman–Crippen LogP) is -0.997. The molecule has 16 heavy (non-hydrogen) atoms. The monoisotopic (exact) mass is 228 g/mol. The minimum absolute atomic E-state index is 0.00396. The van der Waals surface area contributed by atoms with Gasteiger partial charge >= 0.3 is 5.97 Å². The molecule has 2 rings (SSSR count). The molecule has 0 saturated carbocycles. The third kappa shape index (κ3) is 2.03. The molecule has 2 aliphatic rings. The number of likely N-dealkylation sites (tertiary alicyclic amines) is 1. The van der Waals surface area contributed by atoms with E-state index >= 15 is 0 Å². The number of nitrogens with zero attached hydrogens (tertiary/aromatic N) is 2. The van der Waals surface area contributed by atoms with Gasteiger partial charge < -0.3 is 19.6 Å². The lowest BCUT2D eigenvalue weighted by Gasteiger charge is -2.37. The van der Waals surface area contributed by atoms with Crippen molar-refractivity contribution in [3.63, 3.8) is 0 Å². The van der Waals surface area contributed by atoms with Crippen molar-refractivity contribution in [2.24, 2.45) is 0 Å². The number of aliphatic carboxylic acids is 1. The van der Waals surface area contributed by atoms with Gasteiger partial charge in [0.25, 0.3) is 0 Å². The molecule has 0 aromatic heterocycles. The molecule has 90 valence electrons. The Bertz CT molecular complexity index is 307. The highest BCUT2D eigenvalue weighted by Crippen LogP contribution is 2.20. The zero-order valence-electron chi connectivity index (χ0n) is 9.26. The van der Waals surface area contributed by atoms with Crippen LogP contribution in [-0.2, 0) is 14.3 Å². The summed E-state index contributed by atoms with van der Waals surface area (Å²) >= 11 is 0. The molecule has 0 aliphatic carbocycles. The predicted molar refractivity (Wildman–Crippen MR) is 55.0 cm³/mol. The van der Waals surface area contributed by atoms with Crippen LogP contribution in [0.2, 0.25) is 0 Å². The second-order valence-corrected chi connectivity index (χ2v) is 4.37. The van der Waals surface area contributed by atoms with Gasteiger partial charge in [0.15, 0.2) is 6.04 Å². The summed E-state index contributed by atoms with van der Waals surface area (Å²) in [5, 5.41) is 9.07. The summed E-state index contributed by atoms with van der Waals surface area (Å²) < 4.78 is 4.99. The van der Waals surface area contributed by atoms with Crippen molar-refractivity contribution in [3.8, 4) is 0 Å². The van der Waals surface area contributed by atoms with Crippen molar-refractivity contribution in [1.82, 2.24) is 9.80 Å². The second-order valence-electron chi connectivity index (χ2n) is 4.37. The van der Waals surface area contributed by atoms with Crippen molar-refractivity contribution in [2.45, 2.75) is 18.5 Å². The molecule has 2 heterocycles. The van der Waals surface area contributed by atoms with Crippen molar-refractivity contribution >= 4 is 11.9 Å². The summed E-state index contributed by atoms with van der Waals surface area (Å²) in [6.45, 7) is 1.75. The van der Waals surface area contributed by atoms with E-state index in [1.54, 1.807) is 0 Å². The smallest absolute Gasteiger partial charge is 0.328 e. The van der Waals surface area contributed by atoms with E-state index in [2.05, 4.69) is 4.90 Å². The number of rotatable bonds is 2. The van der Waals surface area contributed by atoms with Gasteiger partial charge in [-0.2, -0.15) is 0 Å². The van der Waals surface area contributed by atoms with Crippen molar-refractivity contribution in [3.05, 3.63) is 0 Å². The van der Waals surface area contributed by atoms with E-state index < -0.39 is 12.0 Å². The zero-order chi connectivity index (χ0) is 11.7. The first-order chi connectivity index (χ1) is 7.59. The van der Waals surface area contributed by atoms with Gasteiger partial charge in [-0.15, -0.1) is 0 Å². The van der Waals surface area contributed by atoms with Gasteiger partial charge in [-0.1, -0.05) is 0 Å². The largest absolute Gasteiger partial charge is 0.480 e. The molecule has 1 N–H and O–H groups in total. The minimum atomic E-state index is -0.984. The number of likely N-dealkylation sites (N-methyl/N-ethyl adjacent to an activating group) is 1. The number of carboxylic acid groups (broad SMARTS) is 1. The third-order valence-corrected chi connectivity index (χ3v) is 3.17. The maximum Gasteiger partial charge on any atom is 0.328 e. The fourth-order valence-corrected chi connectivity index (χ4v) is 2.37. The number of amides is 1. The van der Waals surface area contributed by atoms with E-state index in [4.69, 9.17) is 9.84 Å². The highest BCUT2D eigenvalue weighted by atomic mass is 16.5. The standard InChI is InChI=1S/C10H16N2O4/c1-11-3-2-7(4-11)12-8(10(14)15)5-16-6-9(12)13/h7-8H,2-6H2,1H3,(H,14,15). The number of hydrogen-bond acceptors (Lipinski definition) is 4. The van der Waals surface area contributed by atoms with Crippen molar-refractivity contribution < 1.29 is 19.4 Å². The van der Waals surface area contributed by atoms with Gasteiger partial charge in [0.1, 0.15) is 6.61 Å². The van der Waals surface area contributed by atoms with Crippen LogP contribution >= 0.6 is 0 Å². The maximum atomic E-state index is 11.7. The Morgan fingerprint density at radius 2 is 2.31 bits per heavy atom. The molecule has 6 nitrogen and oxygen atoms in total. The van der Waals surface area contributed by atoms with E-state index in [1.807, 2.05) is 7.05 Å². The van der Waals surface area contributed by atoms with Gasteiger partial charge in [-0.3, -0.25) is 4.79 Å². The van der Waals surface area contributed by atoms with Gasteiger partial charge in [0.05, 0.1) is 6.61 Å². The van der Waals surface area contributed by atoms with Crippen LogP contribution in [0.1, 0.15) is 6.42 Å². The number of hydrogen-bond donors (Lipinski definition) is 1. The Kier molecular flexibility index (Phi) is 3.11. The lowest BCUT2D eigenvalue weighted by molar-refractivity contribution is -0.165. The Balaban J connectivity index is 2.13. The normalized spacial score (nSPS) is 32.1. The maximum absolute atomic E-state index is 11.7. The number of morpholine rings is 1. The van der Waals surface area contributed by atoms with E-state index in [1.165, 1.54) is 4.90 Å². The molecule has 1 amide bonds. The number of carboxylic acids is 1. The quantitative estimate of drug-likeness (QED) is 0.656. The minimum Gasteiger partial charge on any atom is -0.480 e. The van der Waals surface area contributed by atoms with Gasteiger partial charge in [-0.25, -0.2) is 4.79 Å². The summed E-state index contributed by atoms with van der Waals surface area (Å²) in [4.78, 5) is 26.4. The average Bonchev–Trinajstić information content (AvgIpc) is 2.64. The molecule has 6 heteroatoms. The van der Waals surface area contributed by atoms with Crippen LogP contribution in [0.5, 0.6) is 0 Å². The average molecular weight is 228 g/mol. The topological polar surface area (TPSA) is 70.1 Å². The molecule has 0 aromatic rings. The number of ether oxygens (including phenoxy) is 1. The van der Waals surface area contributed by atoms with E-state index in [0.717, 1.165) is 19.5 Å². The van der Waals surface area contributed by atoms with Gasteiger partial charge in [0, 0.05) is 12.6 Å². The van der Waals surface area contributed by atoms with E-state index in [0.29, 0.717) is 0 Å². The molecular formula is C10H16N2O4. The molecular weight excluding hydrogens is 212 g/mol. The second kappa shape index (κ2) is 4.39. The highest BCUT2D eigenvalue weighted by molar-refractivity contribution is 5.85. The summed E-state index contributed by atoms with van der Waals surface area (Å²) in [5.74, 6) is -1.19. The fraction of sp³-hybridized carbons (Fsp3) is 0.800. The van der Waals surface area contributed by atoms with Gasteiger partial charge in [0.2, 0.25) is 5.91 Å². The Morgan fingerprint density at radius 3 is 2.88 bits per heavy atom. The molecule has 0 aromatic carbocycles. The first kappa shape index (κ1) is 11.3. The highest BCUT2D eigenvalue weighted by Gasteiger charge is 2.40. The van der Waals surface area contributed by atoms with Crippen LogP contribution < -0.4 is 0 Å². The lowest BCUT2D eigenvalue weighted by Crippen LogP contribution is -2.57. The fourth-order valence-electron chi connectivity index (χ4n) is 2.37. The summed E-state index contributed by atoms with van der Waals surface area (Å²) in [6, 6.07) is -0.805. The molecule has 2 atom stereocenters. The molecule has 2 saturated heterocycles. The Hall–Kier alpha value is -1.14. The molecule has 2 aliphatic heterocycles. The summed E-state index contributed by atoms with van der Waals surface area (Å²) in [6.07, 6.45) is 0.839. The van der Waals surface area contributed by atoms with E-state index in [9.17, 15) is 9.59 Å². The summed E-state index contributed by atoms with van der Waals surface area (Å²) in [7, 11) is 1.97.